The van der Waals surface area contributed by atoms with Crippen LogP contribution < -0.4 is 16.4 Å². The lowest BCUT2D eigenvalue weighted by Gasteiger charge is -2.06. The van der Waals surface area contributed by atoms with E-state index in [2.05, 4.69) is 15.7 Å². The van der Waals surface area contributed by atoms with Crippen LogP contribution in [0.3, 0.4) is 0 Å². The summed E-state index contributed by atoms with van der Waals surface area (Å²) in [5.41, 5.74) is 6.71. The molecule has 0 saturated carbocycles. The second-order valence-electron chi connectivity index (χ2n) is 4.67. The predicted molar refractivity (Wildman–Crippen MR) is 82.0 cm³/mol. The average Bonchev–Trinajstić information content (AvgIpc) is 2.85. The number of benzene rings is 1. The maximum Gasteiger partial charge on any atom is 0.322 e. The second-order valence-corrected chi connectivity index (χ2v) is 4.67. The van der Waals surface area contributed by atoms with Crippen molar-refractivity contribution in [2.75, 3.05) is 17.6 Å². The van der Waals surface area contributed by atoms with Gasteiger partial charge in [0, 0.05) is 18.3 Å². The first-order chi connectivity index (χ1) is 10.9. The molecule has 120 valence electrons. The number of carboxylic acid groups (broad SMARTS) is 1. The number of hydrogen-bond donors (Lipinski definition) is 4. The minimum atomic E-state index is -1.13. The van der Waals surface area contributed by atoms with Gasteiger partial charge in [-0.3, -0.25) is 19.1 Å². The summed E-state index contributed by atoms with van der Waals surface area (Å²) in [4.78, 5) is 34.1. The van der Waals surface area contributed by atoms with Crippen LogP contribution in [0.25, 0.3) is 0 Å². The third-order valence-corrected chi connectivity index (χ3v) is 3.03. The van der Waals surface area contributed by atoms with Crippen LogP contribution in [0.2, 0.25) is 0 Å². The van der Waals surface area contributed by atoms with E-state index in [1.165, 1.54) is 35.1 Å². The van der Waals surface area contributed by atoms with Gasteiger partial charge in [0.15, 0.2) is 0 Å². The number of aromatic nitrogens is 2. The minimum Gasteiger partial charge on any atom is -0.480 e. The van der Waals surface area contributed by atoms with Crippen molar-refractivity contribution in [2.45, 2.75) is 0 Å². The largest absolute Gasteiger partial charge is 0.480 e. The number of nitrogens with zero attached hydrogens (tertiary/aromatic N) is 2. The smallest absolute Gasteiger partial charge is 0.322 e. The Kier molecular flexibility index (Phi) is 4.60. The summed E-state index contributed by atoms with van der Waals surface area (Å²) in [6, 6.07) is 6.00. The van der Waals surface area contributed by atoms with E-state index in [4.69, 9.17) is 10.8 Å². The molecule has 5 N–H and O–H groups in total. The van der Waals surface area contributed by atoms with Crippen LogP contribution in [0.5, 0.6) is 0 Å². The van der Waals surface area contributed by atoms with E-state index in [0.717, 1.165) is 0 Å². The molecule has 1 aromatic heterocycles. The lowest BCUT2D eigenvalue weighted by atomic mass is 10.2. The first-order valence-corrected chi connectivity index (χ1v) is 6.57. The highest BCUT2D eigenvalue weighted by Crippen LogP contribution is 2.14. The summed E-state index contributed by atoms with van der Waals surface area (Å²) < 4.78 is 1.38. The van der Waals surface area contributed by atoms with Gasteiger partial charge < -0.3 is 21.5 Å². The Morgan fingerprint density at radius 2 is 1.87 bits per heavy atom. The van der Waals surface area contributed by atoms with Crippen LogP contribution in [0.1, 0.15) is 20.7 Å². The Bertz CT molecular complexity index is 751. The topological polar surface area (TPSA) is 139 Å². The first-order valence-electron chi connectivity index (χ1n) is 6.57. The van der Waals surface area contributed by atoms with Crippen molar-refractivity contribution in [3.63, 3.8) is 0 Å². The molecule has 2 aromatic rings. The standard InChI is InChI=1S/C14H15N5O4/c1-19-12(15)10(6-17-19)14(23)18-9-4-2-8(3-5-9)13(22)16-7-11(20)21/h2-6H,7,15H2,1H3,(H,16,22)(H,18,23)(H,20,21). The zero-order valence-corrected chi connectivity index (χ0v) is 12.2. The molecule has 0 saturated heterocycles. The van der Waals surface area contributed by atoms with Crippen LogP contribution in [0.15, 0.2) is 30.5 Å². The van der Waals surface area contributed by atoms with Crippen molar-refractivity contribution in [3.8, 4) is 0 Å². The fraction of sp³-hybridized carbons (Fsp3) is 0.143. The number of carboxylic acids is 1. The number of carbonyl (C=O) groups is 3. The molecule has 0 bridgehead atoms. The summed E-state index contributed by atoms with van der Waals surface area (Å²) in [5.74, 6) is -1.82. The number of amides is 2. The maximum absolute atomic E-state index is 12.1. The molecule has 0 radical (unpaired) electrons. The van der Waals surface area contributed by atoms with Gasteiger partial charge in [-0.2, -0.15) is 5.10 Å². The third kappa shape index (κ3) is 3.84. The maximum atomic E-state index is 12.1. The lowest BCUT2D eigenvalue weighted by molar-refractivity contribution is -0.135. The van der Waals surface area contributed by atoms with Crippen molar-refractivity contribution in [1.29, 1.82) is 0 Å². The number of aryl methyl sites for hydroxylation is 1. The molecule has 0 aliphatic carbocycles. The molecular formula is C14H15N5O4. The van der Waals surface area contributed by atoms with Crippen LogP contribution in [-0.4, -0.2) is 39.2 Å². The van der Waals surface area contributed by atoms with E-state index < -0.39 is 24.3 Å². The summed E-state index contributed by atoms with van der Waals surface area (Å²) in [6.07, 6.45) is 1.36. The van der Waals surface area contributed by atoms with E-state index in [1.807, 2.05) is 0 Å². The van der Waals surface area contributed by atoms with E-state index in [1.54, 1.807) is 7.05 Å². The molecule has 23 heavy (non-hydrogen) atoms. The fourth-order valence-corrected chi connectivity index (χ4v) is 1.78. The van der Waals surface area contributed by atoms with Crippen LogP contribution in [0, 0.1) is 0 Å². The molecule has 2 amide bonds. The number of nitrogens with one attached hydrogen (secondary N) is 2. The van der Waals surface area contributed by atoms with Gasteiger partial charge in [0.2, 0.25) is 0 Å². The van der Waals surface area contributed by atoms with Crippen LogP contribution in [-0.2, 0) is 11.8 Å². The zero-order chi connectivity index (χ0) is 17.0. The summed E-state index contributed by atoms with van der Waals surface area (Å²) in [7, 11) is 1.62. The van der Waals surface area contributed by atoms with E-state index in [-0.39, 0.29) is 16.9 Å². The number of nitrogens with two attached hydrogens (primary N) is 1. The van der Waals surface area contributed by atoms with E-state index in [0.29, 0.717) is 5.69 Å². The molecule has 2 rings (SSSR count). The third-order valence-electron chi connectivity index (χ3n) is 3.03. The zero-order valence-electron chi connectivity index (χ0n) is 12.2. The molecule has 0 aliphatic heterocycles. The Balaban J connectivity index is 2.02. The van der Waals surface area contributed by atoms with Gasteiger partial charge in [-0.05, 0) is 24.3 Å². The quantitative estimate of drug-likeness (QED) is 0.615. The van der Waals surface area contributed by atoms with Crippen molar-refractivity contribution >= 4 is 29.3 Å². The summed E-state index contributed by atoms with van der Waals surface area (Å²) >= 11 is 0. The van der Waals surface area contributed by atoms with Gasteiger partial charge in [0.05, 0.1) is 6.20 Å². The number of rotatable bonds is 5. The number of aliphatic carboxylic acids is 1. The summed E-state index contributed by atoms with van der Waals surface area (Å²) in [6.45, 7) is -0.461. The van der Waals surface area contributed by atoms with E-state index >= 15 is 0 Å². The first kappa shape index (κ1) is 16.0. The van der Waals surface area contributed by atoms with Gasteiger partial charge in [-0.25, -0.2) is 0 Å². The van der Waals surface area contributed by atoms with Gasteiger partial charge in [0.25, 0.3) is 11.8 Å². The van der Waals surface area contributed by atoms with Crippen molar-refractivity contribution in [3.05, 3.63) is 41.6 Å². The lowest BCUT2D eigenvalue weighted by Crippen LogP contribution is -2.29. The predicted octanol–water partition coefficient (Wildman–Crippen LogP) is 0.0690. The Hall–Kier alpha value is -3.36. The molecule has 0 atom stereocenters. The molecule has 9 nitrogen and oxygen atoms in total. The number of carbonyl (C=O) groups excluding carboxylic acids is 2. The number of nitrogen functional groups attached to an aromatic ring is 1. The molecule has 0 fully saturated rings. The Morgan fingerprint density at radius 1 is 1.22 bits per heavy atom. The average molecular weight is 317 g/mol. The number of anilines is 2. The molecule has 0 unspecified atom stereocenters. The van der Waals surface area contributed by atoms with Gasteiger partial charge in [-0.1, -0.05) is 0 Å². The van der Waals surface area contributed by atoms with Crippen molar-refractivity contribution in [1.82, 2.24) is 15.1 Å². The minimum absolute atomic E-state index is 0.243. The highest BCUT2D eigenvalue weighted by Gasteiger charge is 2.14. The molecule has 9 heteroatoms. The molecule has 0 aliphatic rings. The Labute approximate surface area is 131 Å². The van der Waals surface area contributed by atoms with Crippen molar-refractivity contribution < 1.29 is 19.5 Å². The molecule has 1 heterocycles. The monoisotopic (exact) mass is 317 g/mol. The van der Waals surface area contributed by atoms with Crippen LogP contribution >= 0.6 is 0 Å². The summed E-state index contributed by atoms with van der Waals surface area (Å²) in [5, 5.41) is 17.3. The highest BCUT2D eigenvalue weighted by molar-refractivity contribution is 6.07. The van der Waals surface area contributed by atoms with Gasteiger partial charge in [-0.15, -0.1) is 0 Å². The van der Waals surface area contributed by atoms with Crippen LogP contribution in [0.4, 0.5) is 11.5 Å². The molecular weight excluding hydrogens is 302 g/mol. The van der Waals surface area contributed by atoms with E-state index in [9.17, 15) is 14.4 Å². The normalized spacial score (nSPS) is 10.1. The Morgan fingerprint density at radius 3 is 2.39 bits per heavy atom. The molecule has 1 aromatic carbocycles. The van der Waals surface area contributed by atoms with Gasteiger partial charge in [0.1, 0.15) is 17.9 Å². The second kappa shape index (κ2) is 6.60. The fourth-order valence-electron chi connectivity index (χ4n) is 1.78. The SMILES string of the molecule is Cn1ncc(C(=O)Nc2ccc(C(=O)NCC(=O)O)cc2)c1N. The molecule has 0 spiro atoms. The van der Waals surface area contributed by atoms with Gasteiger partial charge >= 0.3 is 5.97 Å². The van der Waals surface area contributed by atoms with Crippen molar-refractivity contribution in [2.24, 2.45) is 7.05 Å². The number of hydrogen-bond acceptors (Lipinski definition) is 5. The highest BCUT2D eigenvalue weighted by atomic mass is 16.4.